The molecule has 118 valence electrons. The normalized spacial score (nSPS) is 27.3. The zero-order valence-corrected chi connectivity index (χ0v) is 12.7. The van der Waals surface area contributed by atoms with Gasteiger partial charge in [0.2, 0.25) is 11.9 Å². The molecule has 1 N–H and O–H groups in total. The van der Waals surface area contributed by atoms with Crippen LogP contribution in [0.2, 0.25) is 0 Å². The molecule has 0 spiro atoms. The van der Waals surface area contributed by atoms with Crippen LogP contribution in [0.3, 0.4) is 0 Å². The van der Waals surface area contributed by atoms with Crippen LogP contribution in [0, 0.1) is 5.92 Å². The van der Waals surface area contributed by atoms with Crippen LogP contribution in [-0.4, -0.2) is 59.4 Å². The molecular formula is C15H22N6O. The summed E-state index contributed by atoms with van der Waals surface area (Å²) in [5, 5.41) is 8.15. The van der Waals surface area contributed by atoms with E-state index in [0.717, 1.165) is 57.7 Å². The van der Waals surface area contributed by atoms with Crippen LogP contribution < -0.4 is 10.2 Å². The molecule has 1 aromatic rings. The lowest BCUT2D eigenvalue weighted by Gasteiger charge is -2.25. The Hall–Kier alpha value is -1.73. The van der Waals surface area contributed by atoms with Crippen LogP contribution in [0.5, 0.6) is 0 Å². The van der Waals surface area contributed by atoms with E-state index >= 15 is 0 Å². The number of aromatic nitrogens is 3. The minimum absolute atomic E-state index is 0.361. The van der Waals surface area contributed by atoms with Crippen LogP contribution in [0.15, 0.2) is 17.6 Å². The second kappa shape index (κ2) is 5.81. The second-order valence-electron chi connectivity index (χ2n) is 6.05. The van der Waals surface area contributed by atoms with Gasteiger partial charge >= 0.3 is 0 Å². The van der Waals surface area contributed by atoms with Gasteiger partial charge in [-0.25, -0.2) is 9.67 Å². The lowest BCUT2D eigenvalue weighted by molar-refractivity contribution is 0.122. The van der Waals surface area contributed by atoms with E-state index in [4.69, 9.17) is 9.73 Å². The van der Waals surface area contributed by atoms with Gasteiger partial charge in [-0.1, -0.05) is 6.08 Å². The lowest BCUT2D eigenvalue weighted by atomic mass is 10.0. The second-order valence-corrected chi connectivity index (χ2v) is 6.05. The van der Waals surface area contributed by atoms with Gasteiger partial charge in [0.25, 0.3) is 0 Å². The summed E-state index contributed by atoms with van der Waals surface area (Å²) in [6, 6.07) is 0.361. The Bertz CT molecular complexity index is 589. The Morgan fingerprint density at radius 3 is 3.00 bits per heavy atom. The summed E-state index contributed by atoms with van der Waals surface area (Å²) >= 11 is 0. The molecule has 1 aromatic heterocycles. The molecule has 0 bridgehead atoms. The number of fused-ring (bicyclic) bond motifs is 2. The van der Waals surface area contributed by atoms with E-state index in [-0.39, 0.29) is 0 Å². The van der Waals surface area contributed by atoms with Gasteiger partial charge in [0.15, 0.2) is 0 Å². The van der Waals surface area contributed by atoms with Crippen molar-refractivity contribution < 1.29 is 4.74 Å². The summed E-state index contributed by atoms with van der Waals surface area (Å²) in [6.07, 6.45) is 4.20. The molecule has 3 aliphatic rings. The first kappa shape index (κ1) is 13.9. The molecular weight excluding hydrogens is 280 g/mol. The molecule has 22 heavy (non-hydrogen) atoms. The molecule has 1 saturated heterocycles. The number of morpholine rings is 1. The van der Waals surface area contributed by atoms with Gasteiger partial charge in [-0.3, -0.25) is 0 Å². The number of nitrogens with zero attached hydrogens (tertiary/aromatic N) is 5. The molecule has 2 fully saturated rings. The molecule has 0 amide bonds. The summed E-state index contributed by atoms with van der Waals surface area (Å²) in [6.45, 7) is 8.69. The summed E-state index contributed by atoms with van der Waals surface area (Å²) in [5.41, 5.74) is 1.25. The molecule has 7 nitrogen and oxygen atoms in total. The number of ether oxygens (including phenoxy) is 1. The average Bonchev–Trinajstić information content (AvgIpc) is 3.15. The maximum absolute atomic E-state index is 5.39. The monoisotopic (exact) mass is 302 g/mol. The zero-order valence-electron chi connectivity index (χ0n) is 12.7. The van der Waals surface area contributed by atoms with Crippen molar-refractivity contribution >= 4 is 17.6 Å². The van der Waals surface area contributed by atoms with E-state index < -0.39 is 0 Å². The number of aliphatic imine (C=N–C) groups is 1. The van der Waals surface area contributed by atoms with Gasteiger partial charge in [0.05, 0.1) is 19.8 Å². The Morgan fingerprint density at radius 2 is 2.18 bits per heavy atom. The first-order valence-electron chi connectivity index (χ1n) is 8.05. The molecule has 0 radical (unpaired) electrons. The third-order valence-electron chi connectivity index (χ3n) is 4.65. The fraction of sp³-hybridized carbons (Fsp3) is 0.667. The fourth-order valence-corrected chi connectivity index (χ4v) is 3.48. The highest BCUT2D eigenvalue weighted by Crippen LogP contribution is 2.32. The number of rotatable bonds is 4. The lowest BCUT2D eigenvalue weighted by Crippen LogP contribution is -2.37. The van der Waals surface area contributed by atoms with Crippen LogP contribution in [0.25, 0.3) is 0 Å². The van der Waals surface area contributed by atoms with E-state index in [2.05, 4.69) is 26.9 Å². The Labute approximate surface area is 130 Å². The van der Waals surface area contributed by atoms with Gasteiger partial charge in [-0.05, 0) is 12.8 Å². The minimum atomic E-state index is 0.361. The van der Waals surface area contributed by atoms with E-state index in [0.29, 0.717) is 12.0 Å². The van der Waals surface area contributed by atoms with Crippen LogP contribution in [0.1, 0.15) is 12.8 Å². The summed E-state index contributed by atoms with van der Waals surface area (Å²) in [4.78, 5) is 11.6. The third-order valence-corrected chi connectivity index (χ3v) is 4.65. The average molecular weight is 302 g/mol. The predicted octanol–water partition coefficient (Wildman–Crippen LogP) is 0.755. The van der Waals surface area contributed by atoms with Gasteiger partial charge < -0.3 is 15.0 Å². The molecule has 1 aliphatic carbocycles. The highest BCUT2D eigenvalue weighted by molar-refractivity contribution is 5.95. The summed E-state index contributed by atoms with van der Waals surface area (Å²) in [7, 11) is 0. The smallest absolute Gasteiger partial charge is 0.249 e. The largest absolute Gasteiger partial charge is 0.378 e. The molecule has 1 saturated carbocycles. The van der Waals surface area contributed by atoms with Crippen molar-refractivity contribution in [3.05, 3.63) is 12.7 Å². The van der Waals surface area contributed by atoms with Crippen molar-refractivity contribution in [1.29, 1.82) is 0 Å². The van der Waals surface area contributed by atoms with Crippen molar-refractivity contribution in [2.75, 3.05) is 37.7 Å². The van der Waals surface area contributed by atoms with Crippen molar-refractivity contribution in [3.63, 3.8) is 0 Å². The zero-order chi connectivity index (χ0) is 14.9. The van der Waals surface area contributed by atoms with Crippen molar-refractivity contribution in [2.45, 2.75) is 25.4 Å². The quantitative estimate of drug-likeness (QED) is 0.832. The van der Waals surface area contributed by atoms with E-state index in [1.165, 1.54) is 12.1 Å². The first-order chi connectivity index (χ1) is 10.8. The van der Waals surface area contributed by atoms with E-state index in [9.17, 15) is 0 Å². The standard InChI is InChI=1S/C15H22N6O/c1-2-5-16-12-4-3-11-10-21-14(17-13(11)12)18-15(19-21)20-6-8-22-9-7-20/h2,11-12,16H,1,3-10H2. The minimum Gasteiger partial charge on any atom is -0.378 e. The van der Waals surface area contributed by atoms with Gasteiger partial charge in [0.1, 0.15) is 0 Å². The molecule has 2 unspecified atom stereocenters. The highest BCUT2D eigenvalue weighted by atomic mass is 16.5. The maximum atomic E-state index is 5.39. The molecule has 2 aliphatic heterocycles. The first-order valence-corrected chi connectivity index (χ1v) is 8.05. The molecule has 0 aromatic carbocycles. The number of hydrogen-bond acceptors (Lipinski definition) is 6. The number of nitrogens with one attached hydrogen (secondary N) is 1. The van der Waals surface area contributed by atoms with E-state index in [1.54, 1.807) is 0 Å². The fourth-order valence-electron chi connectivity index (χ4n) is 3.48. The Balaban J connectivity index is 1.56. The van der Waals surface area contributed by atoms with Crippen LogP contribution in [0.4, 0.5) is 11.9 Å². The Morgan fingerprint density at radius 1 is 1.32 bits per heavy atom. The third kappa shape index (κ3) is 2.44. The topological polar surface area (TPSA) is 67.6 Å². The molecule has 7 heteroatoms. The molecule has 4 rings (SSSR count). The summed E-state index contributed by atoms with van der Waals surface area (Å²) in [5.74, 6) is 2.03. The number of hydrogen-bond donors (Lipinski definition) is 1. The van der Waals surface area contributed by atoms with Crippen molar-refractivity contribution in [1.82, 2.24) is 20.1 Å². The van der Waals surface area contributed by atoms with Gasteiger partial charge in [-0.15, -0.1) is 11.7 Å². The molecule has 2 atom stereocenters. The predicted molar refractivity (Wildman–Crippen MR) is 84.9 cm³/mol. The van der Waals surface area contributed by atoms with Gasteiger partial charge in [0, 0.05) is 37.3 Å². The van der Waals surface area contributed by atoms with E-state index in [1.807, 2.05) is 10.8 Å². The Kier molecular flexibility index (Phi) is 3.67. The van der Waals surface area contributed by atoms with Crippen molar-refractivity contribution in [2.24, 2.45) is 10.9 Å². The SMILES string of the molecule is C=CCNC1CCC2Cn3nc(N4CCOCC4)nc3N=C21. The van der Waals surface area contributed by atoms with Crippen molar-refractivity contribution in [3.8, 4) is 0 Å². The van der Waals surface area contributed by atoms with Crippen LogP contribution in [-0.2, 0) is 11.3 Å². The van der Waals surface area contributed by atoms with Gasteiger partial charge in [-0.2, -0.15) is 4.98 Å². The molecule has 3 heterocycles. The number of anilines is 1. The summed E-state index contributed by atoms with van der Waals surface area (Å²) < 4.78 is 7.35. The maximum Gasteiger partial charge on any atom is 0.249 e. The highest BCUT2D eigenvalue weighted by Gasteiger charge is 2.36. The van der Waals surface area contributed by atoms with Crippen LogP contribution >= 0.6 is 0 Å².